The zero-order chi connectivity index (χ0) is 19.2. The molecule has 1 aromatic heterocycles. The Kier molecular flexibility index (Phi) is 5.50. The fraction of sp³-hybridized carbons (Fsp3) is 0.167. The fourth-order valence-corrected chi connectivity index (χ4v) is 2.32. The molecule has 1 amide bonds. The van der Waals surface area contributed by atoms with Gasteiger partial charge in [-0.1, -0.05) is 18.2 Å². The molecule has 0 aliphatic heterocycles. The number of hydrogen-bond acceptors (Lipinski definition) is 6. The maximum Gasteiger partial charge on any atom is 0.338 e. The smallest absolute Gasteiger partial charge is 0.338 e. The van der Waals surface area contributed by atoms with E-state index in [1.165, 1.54) is 24.3 Å². The molecule has 0 unspecified atom stereocenters. The van der Waals surface area contributed by atoms with Gasteiger partial charge in [-0.25, -0.2) is 9.18 Å². The number of amides is 1. The molecular weight excluding hydrogens is 353 g/mol. The van der Waals surface area contributed by atoms with Gasteiger partial charge >= 0.3 is 5.97 Å². The highest BCUT2D eigenvalue weighted by Crippen LogP contribution is 2.15. The van der Waals surface area contributed by atoms with E-state index in [2.05, 4.69) is 20.7 Å². The summed E-state index contributed by atoms with van der Waals surface area (Å²) in [7, 11) is 0. The number of hydrogen-bond donors (Lipinski definition) is 1. The van der Waals surface area contributed by atoms with E-state index in [9.17, 15) is 14.0 Å². The van der Waals surface area contributed by atoms with Crippen molar-refractivity contribution < 1.29 is 18.7 Å². The van der Waals surface area contributed by atoms with E-state index in [0.717, 1.165) is 4.80 Å². The Balaban J connectivity index is 1.65. The van der Waals surface area contributed by atoms with Gasteiger partial charge < -0.3 is 10.1 Å². The van der Waals surface area contributed by atoms with Crippen LogP contribution in [0.25, 0.3) is 11.4 Å². The Morgan fingerprint density at radius 2 is 2.00 bits per heavy atom. The van der Waals surface area contributed by atoms with Gasteiger partial charge in [-0.2, -0.15) is 4.80 Å². The SMILES string of the molecule is CCOC(=O)c1cccc(NC(=O)Cn2nnc(-c3cccc(F)c3)n2)c1. The third kappa shape index (κ3) is 4.72. The first-order chi connectivity index (χ1) is 13.0. The van der Waals surface area contributed by atoms with Crippen molar-refractivity contribution in [2.45, 2.75) is 13.5 Å². The molecule has 1 N–H and O–H groups in total. The summed E-state index contributed by atoms with van der Waals surface area (Å²) >= 11 is 0. The monoisotopic (exact) mass is 369 g/mol. The number of tetrazole rings is 1. The normalized spacial score (nSPS) is 10.4. The maximum absolute atomic E-state index is 13.3. The molecule has 0 saturated carbocycles. The molecule has 0 saturated heterocycles. The number of nitrogens with one attached hydrogen (secondary N) is 1. The van der Waals surface area contributed by atoms with Gasteiger partial charge in [0.05, 0.1) is 12.2 Å². The second-order valence-corrected chi connectivity index (χ2v) is 5.50. The average Bonchev–Trinajstić information content (AvgIpc) is 3.10. The lowest BCUT2D eigenvalue weighted by atomic mass is 10.2. The van der Waals surface area contributed by atoms with Crippen LogP contribution in [0.2, 0.25) is 0 Å². The van der Waals surface area contributed by atoms with Gasteiger partial charge in [0.2, 0.25) is 11.7 Å². The first-order valence-electron chi connectivity index (χ1n) is 8.16. The van der Waals surface area contributed by atoms with E-state index in [1.54, 1.807) is 31.2 Å². The molecule has 0 aliphatic carbocycles. The van der Waals surface area contributed by atoms with Crippen molar-refractivity contribution in [2.75, 3.05) is 11.9 Å². The lowest BCUT2D eigenvalue weighted by Gasteiger charge is -2.06. The lowest BCUT2D eigenvalue weighted by molar-refractivity contribution is -0.117. The van der Waals surface area contributed by atoms with Crippen LogP contribution in [0.15, 0.2) is 48.5 Å². The van der Waals surface area contributed by atoms with E-state index >= 15 is 0 Å². The Morgan fingerprint density at radius 3 is 2.78 bits per heavy atom. The Morgan fingerprint density at radius 1 is 1.19 bits per heavy atom. The molecule has 0 atom stereocenters. The second kappa shape index (κ2) is 8.17. The molecule has 0 aliphatic rings. The van der Waals surface area contributed by atoms with Crippen molar-refractivity contribution in [2.24, 2.45) is 0 Å². The molecule has 1 heterocycles. The number of nitrogens with zero attached hydrogens (tertiary/aromatic N) is 4. The molecule has 138 valence electrons. The van der Waals surface area contributed by atoms with Gasteiger partial charge in [0.15, 0.2) is 0 Å². The van der Waals surface area contributed by atoms with Crippen molar-refractivity contribution >= 4 is 17.6 Å². The average molecular weight is 369 g/mol. The highest BCUT2D eigenvalue weighted by molar-refractivity contribution is 5.94. The van der Waals surface area contributed by atoms with E-state index in [-0.39, 0.29) is 19.0 Å². The van der Waals surface area contributed by atoms with Crippen LogP contribution >= 0.6 is 0 Å². The van der Waals surface area contributed by atoms with Gasteiger partial charge in [0, 0.05) is 11.3 Å². The molecule has 9 heteroatoms. The van der Waals surface area contributed by atoms with E-state index in [1.807, 2.05) is 0 Å². The minimum Gasteiger partial charge on any atom is -0.462 e. The Hall–Kier alpha value is -3.62. The number of anilines is 1. The number of ether oxygens (including phenoxy) is 1. The van der Waals surface area contributed by atoms with Crippen LogP contribution in [-0.4, -0.2) is 38.7 Å². The number of aromatic nitrogens is 4. The predicted octanol–water partition coefficient (Wildman–Crippen LogP) is 2.29. The third-order valence-electron chi connectivity index (χ3n) is 3.48. The Labute approximate surface area is 154 Å². The Bertz CT molecular complexity index is 973. The van der Waals surface area contributed by atoms with Crippen molar-refractivity contribution in [1.29, 1.82) is 0 Å². The molecule has 3 rings (SSSR count). The largest absolute Gasteiger partial charge is 0.462 e. The number of benzene rings is 2. The molecular formula is C18H16FN5O3. The van der Waals surface area contributed by atoms with Crippen molar-refractivity contribution in [3.05, 3.63) is 59.9 Å². The van der Waals surface area contributed by atoms with Crippen LogP contribution in [0.1, 0.15) is 17.3 Å². The highest BCUT2D eigenvalue weighted by atomic mass is 19.1. The molecule has 0 spiro atoms. The van der Waals surface area contributed by atoms with Crippen LogP contribution in [0.5, 0.6) is 0 Å². The van der Waals surface area contributed by atoms with Crippen LogP contribution < -0.4 is 5.32 Å². The van der Waals surface area contributed by atoms with Crippen LogP contribution in [0, 0.1) is 5.82 Å². The summed E-state index contributed by atoms with van der Waals surface area (Å²) in [6.45, 7) is 1.79. The maximum atomic E-state index is 13.3. The number of carbonyl (C=O) groups is 2. The number of rotatable bonds is 6. The van der Waals surface area contributed by atoms with Crippen LogP contribution in [0.4, 0.5) is 10.1 Å². The standard InChI is InChI=1S/C18H16FN5O3/c1-2-27-18(26)13-6-4-8-15(10-13)20-16(25)11-24-22-17(21-23-24)12-5-3-7-14(19)9-12/h3-10H,2,11H2,1H3,(H,20,25). The zero-order valence-electron chi connectivity index (χ0n) is 14.4. The summed E-state index contributed by atoms with van der Waals surface area (Å²) in [5.41, 5.74) is 1.24. The molecule has 27 heavy (non-hydrogen) atoms. The first kappa shape index (κ1) is 18.2. The van der Waals surface area contributed by atoms with Gasteiger partial charge in [-0.05, 0) is 42.5 Å². The summed E-state index contributed by atoms with van der Waals surface area (Å²) in [6.07, 6.45) is 0. The number of carbonyl (C=O) groups excluding carboxylic acids is 2. The minimum absolute atomic E-state index is 0.189. The van der Waals surface area contributed by atoms with E-state index in [4.69, 9.17) is 4.74 Å². The van der Waals surface area contributed by atoms with E-state index < -0.39 is 17.7 Å². The topological polar surface area (TPSA) is 99.0 Å². The molecule has 0 fully saturated rings. The first-order valence-corrected chi connectivity index (χ1v) is 8.16. The second-order valence-electron chi connectivity index (χ2n) is 5.50. The minimum atomic E-state index is -0.466. The molecule has 3 aromatic rings. The highest BCUT2D eigenvalue weighted by Gasteiger charge is 2.12. The van der Waals surface area contributed by atoms with Gasteiger partial charge in [-0.3, -0.25) is 4.79 Å². The van der Waals surface area contributed by atoms with E-state index in [0.29, 0.717) is 16.8 Å². The van der Waals surface area contributed by atoms with Gasteiger partial charge in [-0.15, -0.1) is 10.2 Å². The predicted molar refractivity (Wildman–Crippen MR) is 94.2 cm³/mol. The number of esters is 1. The molecule has 8 nitrogen and oxygen atoms in total. The summed E-state index contributed by atoms with van der Waals surface area (Å²) in [6, 6.07) is 12.2. The quantitative estimate of drug-likeness (QED) is 0.670. The van der Waals surface area contributed by atoms with Gasteiger partial charge in [0.25, 0.3) is 0 Å². The van der Waals surface area contributed by atoms with Crippen LogP contribution in [-0.2, 0) is 16.1 Å². The summed E-state index contributed by atoms with van der Waals surface area (Å²) < 4.78 is 18.2. The van der Waals surface area contributed by atoms with Crippen molar-refractivity contribution in [3.8, 4) is 11.4 Å². The molecule has 0 bridgehead atoms. The zero-order valence-corrected chi connectivity index (χ0v) is 14.4. The molecule has 2 aromatic carbocycles. The lowest BCUT2D eigenvalue weighted by Crippen LogP contribution is -2.20. The summed E-state index contributed by atoms with van der Waals surface area (Å²) in [5, 5.41) is 14.3. The van der Waals surface area contributed by atoms with Crippen LogP contribution in [0.3, 0.4) is 0 Å². The number of halogens is 1. The summed E-state index contributed by atoms with van der Waals surface area (Å²) in [4.78, 5) is 25.0. The van der Waals surface area contributed by atoms with Crippen molar-refractivity contribution in [3.63, 3.8) is 0 Å². The summed E-state index contributed by atoms with van der Waals surface area (Å²) in [5.74, 6) is -1.07. The van der Waals surface area contributed by atoms with Gasteiger partial charge in [0.1, 0.15) is 12.4 Å². The van der Waals surface area contributed by atoms with Crippen molar-refractivity contribution in [1.82, 2.24) is 20.2 Å². The third-order valence-corrected chi connectivity index (χ3v) is 3.48. The molecule has 0 radical (unpaired) electrons. The fourth-order valence-electron chi connectivity index (χ4n) is 2.32.